The van der Waals surface area contributed by atoms with Gasteiger partial charge in [0.15, 0.2) is 5.60 Å². The Labute approximate surface area is 125 Å². The summed E-state index contributed by atoms with van der Waals surface area (Å²) >= 11 is 0. The first-order valence-electron chi connectivity index (χ1n) is 7.19. The van der Waals surface area contributed by atoms with Gasteiger partial charge in [-0.1, -0.05) is 42.2 Å². The molecule has 1 unspecified atom stereocenters. The Hall–Kier alpha value is -2.24. The van der Waals surface area contributed by atoms with E-state index in [-0.39, 0.29) is 0 Å². The number of benzene rings is 2. The second-order valence-electron chi connectivity index (χ2n) is 5.12. The smallest absolute Gasteiger partial charge is 0.154 e. The van der Waals surface area contributed by atoms with Crippen molar-refractivity contribution in [2.75, 3.05) is 13.7 Å². The molecule has 1 aliphatic rings. The number of methoxy groups -OCH3 is 1. The molecule has 1 saturated heterocycles. The molecule has 1 heterocycles. The Morgan fingerprint density at radius 1 is 1.05 bits per heavy atom. The molecule has 21 heavy (non-hydrogen) atoms. The molecule has 2 nitrogen and oxygen atoms in total. The molecule has 2 heteroatoms. The Balaban J connectivity index is 1.94. The normalized spacial score (nSPS) is 20.6. The van der Waals surface area contributed by atoms with E-state index in [1.165, 1.54) is 0 Å². The largest absolute Gasteiger partial charge is 0.497 e. The third-order valence-corrected chi connectivity index (χ3v) is 3.76. The Morgan fingerprint density at radius 3 is 2.43 bits per heavy atom. The fraction of sp³-hybridized carbons (Fsp3) is 0.263. The van der Waals surface area contributed by atoms with Crippen LogP contribution in [0.1, 0.15) is 24.0 Å². The standard InChI is InChI=1S/C19H18O2/c1-20-18-10-8-17(9-11-18)19(13-5-15-21-19)14-12-16-6-3-2-4-7-16/h2-4,6-11H,5,13,15H2,1H3. The van der Waals surface area contributed by atoms with Gasteiger partial charge in [-0.15, -0.1) is 0 Å². The molecule has 0 amide bonds. The third kappa shape index (κ3) is 2.94. The molecule has 1 fully saturated rings. The molecular formula is C19H18O2. The highest BCUT2D eigenvalue weighted by Crippen LogP contribution is 2.36. The topological polar surface area (TPSA) is 18.5 Å². The highest BCUT2D eigenvalue weighted by molar-refractivity contribution is 5.42. The monoisotopic (exact) mass is 278 g/mol. The molecule has 3 rings (SSSR count). The van der Waals surface area contributed by atoms with Crippen molar-refractivity contribution in [1.29, 1.82) is 0 Å². The van der Waals surface area contributed by atoms with Crippen LogP contribution in [-0.4, -0.2) is 13.7 Å². The van der Waals surface area contributed by atoms with Crippen molar-refractivity contribution in [3.05, 3.63) is 65.7 Å². The summed E-state index contributed by atoms with van der Waals surface area (Å²) in [5.41, 5.74) is 1.63. The van der Waals surface area contributed by atoms with Crippen molar-refractivity contribution >= 4 is 0 Å². The minimum Gasteiger partial charge on any atom is -0.497 e. The van der Waals surface area contributed by atoms with Gasteiger partial charge in [0.2, 0.25) is 0 Å². The van der Waals surface area contributed by atoms with Gasteiger partial charge in [0, 0.05) is 12.2 Å². The Kier molecular flexibility index (Phi) is 3.94. The summed E-state index contributed by atoms with van der Waals surface area (Å²) in [7, 11) is 1.67. The summed E-state index contributed by atoms with van der Waals surface area (Å²) in [5.74, 6) is 7.45. The average Bonchev–Trinajstić information content (AvgIpc) is 3.04. The van der Waals surface area contributed by atoms with E-state index in [9.17, 15) is 0 Å². The third-order valence-electron chi connectivity index (χ3n) is 3.76. The second kappa shape index (κ2) is 6.03. The van der Waals surface area contributed by atoms with Gasteiger partial charge in [0.05, 0.1) is 7.11 Å². The molecule has 0 N–H and O–H groups in total. The zero-order chi connectivity index (χ0) is 14.5. The van der Waals surface area contributed by atoms with Crippen LogP contribution < -0.4 is 4.74 Å². The van der Waals surface area contributed by atoms with Gasteiger partial charge in [-0.25, -0.2) is 0 Å². The van der Waals surface area contributed by atoms with Gasteiger partial charge < -0.3 is 9.47 Å². The van der Waals surface area contributed by atoms with Crippen molar-refractivity contribution in [3.63, 3.8) is 0 Å². The van der Waals surface area contributed by atoms with Crippen LogP contribution in [0.15, 0.2) is 54.6 Å². The zero-order valence-corrected chi connectivity index (χ0v) is 12.1. The van der Waals surface area contributed by atoms with Crippen LogP contribution in [0.5, 0.6) is 5.75 Å². The lowest BCUT2D eigenvalue weighted by Crippen LogP contribution is -2.22. The van der Waals surface area contributed by atoms with Crippen LogP contribution in [0, 0.1) is 11.8 Å². The molecule has 0 aromatic heterocycles. The summed E-state index contributed by atoms with van der Waals surface area (Å²) in [6.07, 6.45) is 1.97. The Morgan fingerprint density at radius 2 is 1.81 bits per heavy atom. The maximum atomic E-state index is 6.01. The van der Waals surface area contributed by atoms with Gasteiger partial charge in [0.1, 0.15) is 5.75 Å². The highest BCUT2D eigenvalue weighted by atomic mass is 16.5. The lowest BCUT2D eigenvalue weighted by Gasteiger charge is -2.22. The van der Waals surface area contributed by atoms with Crippen LogP contribution >= 0.6 is 0 Å². The second-order valence-corrected chi connectivity index (χ2v) is 5.12. The molecule has 0 saturated carbocycles. The molecule has 1 atom stereocenters. The number of ether oxygens (including phenoxy) is 2. The maximum absolute atomic E-state index is 6.01. The minimum absolute atomic E-state index is 0.484. The van der Waals surface area contributed by atoms with E-state index in [2.05, 4.69) is 11.8 Å². The summed E-state index contributed by atoms with van der Waals surface area (Å²) < 4.78 is 11.2. The average molecular weight is 278 g/mol. The summed E-state index contributed by atoms with van der Waals surface area (Å²) in [4.78, 5) is 0. The summed E-state index contributed by atoms with van der Waals surface area (Å²) in [6.45, 7) is 0.759. The SMILES string of the molecule is COc1ccc(C2(C#Cc3ccccc3)CCCO2)cc1. The van der Waals surface area contributed by atoms with Gasteiger partial charge in [-0.3, -0.25) is 0 Å². The van der Waals surface area contributed by atoms with E-state index >= 15 is 0 Å². The van der Waals surface area contributed by atoms with Gasteiger partial charge in [-0.05, 0) is 42.7 Å². The number of rotatable bonds is 2. The lowest BCUT2D eigenvalue weighted by atomic mass is 9.91. The van der Waals surface area contributed by atoms with Crippen LogP contribution in [0.4, 0.5) is 0 Å². The van der Waals surface area contributed by atoms with E-state index in [1.807, 2.05) is 54.6 Å². The maximum Gasteiger partial charge on any atom is 0.154 e. The van der Waals surface area contributed by atoms with E-state index in [4.69, 9.17) is 9.47 Å². The molecule has 106 valence electrons. The first-order valence-corrected chi connectivity index (χ1v) is 7.19. The van der Waals surface area contributed by atoms with Crippen LogP contribution in [0.2, 0.25) is 0 Å². The first kappa shape index (κ1) is 13.7. The predicted molar refractivity (Wildman–Crippen MR) is 83.2 cm³/mol. The number of hydrogen-bond acceptors (Lipinski definition) is 2. The molecule has 0 radical (unpaired) electrons. The van der Waals surface area contributed by atoms with Crippen LogP contribution in [0.25, 0.3) is 0 Å². The zero-order valence-electron chi connectivity index (χ0n) is 12.1. The lowest BCUT2D eigenvalue weighted by molar-refractivity contribution is 0.0513. The molecule has 2 aromatic rings. The van der Waals surface area contributed by atoms with Crippen molar-refractivity contribution < 1.29 is 9.47 Å². The molecule has 0 aliphatic carbocycles. The highest BCUT2D eigenvalue weighted by Gasteiger charge is 2.35. The molecule has 0 spiro atoms. The molecular weight excluding hydrogens is 260 g/mol. The predicted octanol–water partition coefficient (Wildman–Crippen LogP) is 3.75. The summed E-state index contributed by atoms with van der Waals surface area (Å²) in [6, 6.07) is 18.0. The van der Waals surface area contributed by atoms with E-state index in [0.717, 1.165) is 36.3 Å². The van der Waals surface area contributed by atoms with Crippen molar-refractivity contribution in [2.24, 2.45) is 0 Å². The fourth-order valence-corrected chi connectivity index (χ4v) is 2.59. The van der Waals surface area contributed by atoms with Crippen LogP contribution in [-0.2, 0) is 10.3 Å². The van der Waals surface area contributed by atoms with Crippen LogP contribution in [0.3, 0.4) is 0 Å². The van der Waals surface area contributed by atoms with Gasteiger partial charge in [0.25, 0.3) is 0 Å². The van der Waals surface area contributed by atoms with Crippen molar-refractivity contribution in [2.45, 2.75) is 18.4 Å². The van der Waals surface area contributed by atoms with Gasteiger partial charge in [-0.2, -0.15) is 0 Å². The fourth-order valence-electron chi connectivity index (χ4n) is 2.59. The quantitative estimate of drug-likeness (QED) is 0.779. The molecule has 2 aromatic carbocycles. The van der Waals surface area contributed by atoms with E-state index in [0.29, 0.717) is 0 Å². The number of hydrogen-bond donors (Lipinski definition) is 0. The Bertz CT molecular complexity index is 641. The summed E-state index contributed by atoms with van der Waals surface area (Å²) in [5, 5.41) is 0. The van der Waals surface area contributed by atoms with Crippen molar-refractivity contribution in [3.8, 4) is 17.6 Å². The first-order chi connectivity index (χ1) is 10.3. The molecule has 0 bridgehead atoms. The van der Waals surface area contributed by atoms with E-state index < -0.39 is 5.60 Å². The van der Waals surface area contributed by atoms with Gasteiger partial charge >= 0.3 is 0 Å². The minimum atomic E-state index is -0.484. The molecule has 1 aliphatic heterocycles. The van der Waals surface area contributed by atoms with E-state index in [1.54, 1.807) is 7.11 Å². The van der Waals surface area contributed by atoms with Crippen molar-refractivity contribution in [1.82, 2.24) is 0 Å².